The summed E-state index contributed by atoms with van der Waals surface area (Å²) in [6.45, 7) is 12.2. The number of hydrogen-bond acceptors (Lipinski definition) is 3. The van der Waals surface area contributed by atoms with E-state index in [0.29, 0.717) is 22.8 Å². The molecule has 4 aliphatic rings. The van der Waals surface area contributed by atoms with E-state index in [4.69, 9.17) is 4.74 Å². The summed E-state index contributed by atoms with van der Waals surface area (Å²) >= 11 is 0. The molecule has 5 rings (SSSR count). The molecule has 4 aliphatic carbocycles. The molecule has 0 spiro atoms. The van der Waals surface area contributed by atoms with Crippen molar-refractivity contribution in [1.82, 2.24) is 0 Å². The average molecular weight is 507 g/mol. The summed E-state index contributed by atoms with van der Waals surface area (Å²) in [5.74, 6) is 4.18. The van der Waals surface area contributed by atoms with Crippen LogP contribution in [0.3, 0.4) is 0 Å². The van der Waals surface area contributed by atoms with Gasteiger partial charge in [-0.05, 0) is 115 Å². The average Bonchev–Trinajstić information content (AvgIpc) is 3.22. The van der Waals surface area contributed by atoms with E-state index in [-0.39, 0.29) is 17.5 Å². The van der Waals surface area contributed by atoms with Crippen molar-refractivity contribution in [2.45, 2.75) is 111 Å². The highest BCUT2D eigenvalue weighted by molar-refractivity contribution is 5.89. The SMILES string of the molecule is CC(C)CCC[C@@H](C)[C@H]1CC[C@H]2[C@@H]3C[C@H](O)C4=C[C@@H](OC(=O)c5ccccc5)CC[C@]4(C)[C@H]3CC[C@]12C. The lowest BCUT2D eigenvalue weighted by Crippen LogP contribution is -2.54. The topological polar surface area (TPSA) is 46.5 Å². The van der Waals surface area contributed by atoms with Gasteiger partial charge in [-0.2, -0.15) is 0 Å². The van der Waals surface area contributed by atoms with Crippen LogP contribution in [0.4, 0.5) is 0 Å². The second-order valence-electron chi connectivity index (χ2n) is 14.0. The number of aliphatic hydroxyl groups excluding tert-OH is 1. The highest BCUT2D eigenvalue weighted by atomic mass is 16.5. The van der Waals surface area contributed by atoms with Gasteiger partial charge in [0.15, 0.2) is 0 Å². The normalized spacial score (nSPS) is 39.8. The number of carbonyl (C=O) groups is 1. The van der Waals surface area contributed by atoms with Crippen molar-refractivity contribution in [1.29, 1.82) is 0 Å². The summed E-state index contributed by atoms with van der Waals surface area (Å²) < 4.78 is 5.90. The first kappa shape index (κ1) is 27.0. The first-order chi connectivity index (χ1) is 17.6. The second-order valence-corrected chi connectivity index (χ2v) is 14.0. The third-order valence-corrected chi connectivity index (χ3v) is 11.6. The van der Waals surface area contributed by atoms with Crippen molar-refractivity contribution in [3.8, 4) is 0 Å². The van der Waals surface area contributed by atoms with Gasteiger partial charge in [-0.25, -0.2) is 4.79 Å². The van der Waals surface area contributed by atoms with Gasteiger partial charge >= 0.3 is 5.97 Å². The maximum atomic E-state index is 12.7. The van der Waals surface area contributed by atoms with Crippen LogP contribution >= 0.6 is 0 Å². The van der Waals surface area contributed by atoms with Crippen LogP contribution in [0.15, 0.2) is 42.0 Å². The summed E-state index contributed by atoms with van der Waals surface area (Å²) in [5, 5.41) is 11.5. The first-order valence-corrected chi connectivity index (χ1v) is 15.3. The first-order valence-electron chi connectivity index (χ1n) is 15.3. The Bertz CT molecular complexity index is 982. The molecule has 3 saturated carbocycles. The Balaban J connectivity index is 1.30. The van der Waals surface area contributed by atoms with Gasteiger partial charge < -0.3 is 9.84 Å². The largest absolute Gasteiger partial charge is 0.455 e. The Kier molecular flexibility index (Phi) is 7.66. The Morgan fingerprint density at radius 1 is 1.00 bits per heavy atom. The third-order valence-electron chi connectivity index (χ3n) is 11.6. The van der Waals surface area contributed by atoms with E-state index < -0.39 is 6.10 Å². The van der Waals surface area contributed by atoms with E-state index in [9.17, 15) is 9.90 Å². The molecule has 3 heteroatoms. The lowest BCUT2D eigenvalue weighted by molar-refractivity contribution is -0.0880. The van der Waals surface area contributed by atoms with E-state index in [1.165, 1.54) is 44.9 Å². The fraction of sp³-hybridized carbons (Fsp3) is 0.735. The molecule has 3 fully saturated rings. The molecular weight excluding hydrogens is 456 g/mol. The zero-order valence-corrected chi connectivity index (χ0v) is 23.9. The van der Waals surface area contributed by atoms with Crippen LogP contribution in [0, 0.1) is 46.3 Å². The van der Waals surface area contributed by atoms with Crippen LogP contribution in [0.2, 0.25) is 0 Å². The molecule has 204 valence electrons. The van der Waals surface area contributed by atoms with Crippen molar-refractivity contribution < 1.29 is 14.6 Å². The lowest BCUT2D eigenvalue weighted by atomic mass is 9.46. The van der Waals surface area contributed by atoms with Crippen LogP contribution < -0.4 is 0 Å². The molecule has 0 unspecified atom stereocenters. The number of rotatable bonds is 7. The van der Waals surface area contributed by atoms with E-state index in [0.717, 1.165) is 48.5 Å². The third kappa shape index (κ3) is 4.95. The van der Waals surface area contributed by atoms with Crippen LogP contribution in [-0.4, -0.2) is 23.3 Å². The molecule has 0 radical (unpaired) electrons. The molecule has 0 saturated heterocycles. The molecule has 0 bridgehead atoms. The molecule has 9 atom stereocenters. The summed E-state index contributed by atoms with van der Waals surface area (Å²) in [6, 6.07) is 9.27. The maximum Gasteiger partial charge on any atom is 0.338 e. The van der Waals surface area contributed by atoms with Gasteiger partial charge in [-0.3, -0.25) is 0 Å². The fourth-order valence-electron chi connectivity index (χ4n) is 9.64. The van der Waals surface area contributed by atoms with E-state index >= 15 is 0 Å². The molecule has 0 amide bonds. The summed E-state index contributed by atoms with van der Waals surface area (Å²) in [4.78, 5) is 12.7. The molecule has 0 aliphatic heterocycles. The lowest BCUT2D eigenvalue weighted by Gasteiger charge is -2.60. The fourth-order valence-corrected chi connectivity index (χ4v) is 9.64. The smallest absolute Gasteiger partial charge is 0.338 e. The Morgan fingerprint density at radius 3 is 2.49 bits per heavy atom. The molecule has 0 heterocycles. The van der Waals surface area contributed by atoms with Gasteiger partial charge in [0.1, 0.15) is 6.10 Å². The maximum absolute atomic E-state index is 12.7. The summed E-state index contributed by atoms with van der Waals surface area (Å²) in [7, 11) is 0. The minimum atomic E-state index is -0.408. The second kappa shape index (κ2) is 10.5. The predicted octanol–water partition coefficient (Wildman–Crippen LogP) is 8.22. The number of fused-ring (bicyclic) bond motifs is 5. The van der Waals surface area contributed by atoms with Crippen LogP contribution in [-0.2, 0) is 4.74 Å². The highest BCUT2D eigenvalue weighted by Gasteiger charge is 2.61. The van der Waals surface area contributed by atoms with Gasteiger partial charge in [0.25, 0.3) is 0 Å². The van der Waals surface area contributed by atoms with Gasteiger partial charge in [0, 0.05) is 0 Å². The molecule has 1 aromatic rings. The van der Waals surface area contributed by atoms with Gasteiger partial charge in [-0.15, -0.1) is 0 Å². The number of esters is 1. The Morgan fingerprint density at radius 2 is 1.76 bits per heavy atom. The Labute approximate surface area is 225 Å². The van der Waals surface area contributed by atoms with Gasteiger partial charge in [0.2, 0.25) is 0 Å². The van der Waals surface area contributed by atoms with E-state index in [2.05, 4.69) is 40.7 Å². The molecular formula is C34H50O3. The van der Waals surface area contributed by atoms with Crippen molar-refractivity contribution in [2.75, 3.05) is 0 Å². The van der Waals surface area contributed by atoms with Crippen molar-refractivity contribution in [2.24, 2.45) is 46.3 Å². The number of aliphatic hydroxyl groups is 1. The number of benzene rings is 1. The van der Waals surface area contributed by atoms with Crippen LogP contribution in [0.5, 0.6) is 0 Å². The summed E-state index contributed by atoms with van der Waals surface area (Å²) in [5.41, 5.74) is 2.21. The zero-order chi connectivity index (χ0) is 26.4. The molecule has 1 N–H and O–H groups in total. The standard InChI is InChI=1S/C34H50O3/c1-22(2)10-9-11-23(3)27-14-15-28-26-21-31(35)30-20-25(37-32(36)24-12-7-6-8-13-24)16-18-34(30,5)29(26)17-19-33(27,28)4/h6-8,12-13,20,22-23,25-29,31,35H,9-11,14-19,21H2,1-5H3/t23-,25+,26+,27-,28+,29+,31+,33-,34-/m1/s1. The van der Waals surface area contributed by atoms with Crippen molar-refractivity contribution >= 4 is 5.97 Å². The van der Waals surface area contributed by atoms with Crippen LogP contribution in [0.1, 0.15) is 109 Å². The molecule has 3 nitrogen and oxygen atoms in total. The van der Waals surface area contributed by atoms with Gasteiger partial charge in [0.05, 0.1) is 11.7 Å². The highest BCUT2D eigenvalue weighted by Crippen LogP contribution is 2.67. The number of hydrogen-bond donors (Lipinski definition) is 1. The predicted molar refractivity (Wildman–Crippen MR) is 150 cm³/mol. The monoisotopic (exact) mass is 506 g/mol. The van der Waals surface area contributed by atoms with Crippen molar-refractivity contribution in [3.05, 3.63) is 47.5 Å². The van der Waals surface area contributed by atoms with E-state index in [1.54, 1.807) is 0 Å². The summed E-state index contributed by atoms with van der Waals surface area (Å²) in [6.07, 6.45) is 13.7. The van der Waals surface area contributed by atoms with E-state index in [1.807, 2.05) is 30.3 Å². The minimum absolute atomic E-state index is 0.0281. The Hall–Kier alpha value is -1.61. The molecule has 0 aromatic heterocycles. The van der Waals surface area contributed by atoms with Gasteiger partial charge in [-0.1, -0.05) is 72.1 Å². The molecule has 37 heavy (non-hydrogen) atoms. The minimum Gasteiger partial charge on any atom is -0.455 e. The van der Waals surface area contributed by atoms with Crippen LogP contribution in [0.25, 0.3) is 0 Å². The number of carbonyl (C=O) groups excluding carboxylic acids is 1. The van der Waals surface area contributed by atoms with Crippen molar-refractivity contribution in [3.63, 3.8) is 0 Å². The zero-order valence-electron chi connectivity index (χ0n) is 23.9. The number of ether oxygens (including phenoxy) is 1. The molecule has 1 aromatic carbocycles. The quantitative estimate of drug-likeness (QED) is 0.299.